The van der Waals surface area contributed by atoms with Crippen molar-refractivity contribution in [1.29, 1.82) is 0 Å². The number of allylic oxidation sites excluding steroid dienone is 4. The van der Waals surface area contributed by atoms with Crippen LogP contribution in [0.4, 0.5) is 11.4 Å². The third-order valence-corrected chi connectivity index (χ3v) is 9.48. The minimum atomic E-state index is 0.723. The molecule has 242 valence electrons. The summed E-state index contributed by atoms with van der Waals surface area (Å²) in [4.78, 5) is 18.1. The summed E-state index contributed by atoms with van der Waals surface area (Å²) in [7, 11) is 3.27. The number of nitrogens with zero attached hydrogens (tertiary/aromatic N) is 4. The molecule has 6 heteroatoms. The van der Waals surface area contributed by atoms with Crippen LogP contribution in [0, 0.1) is 0 Å². The number of methoxy groups -OCH3 is 2. The van der Waals surface area contributed by atoms with E-state index >= 15 is 0 Å². The van der Waals surface area contributed by atoms with Crippen molar-refractivity contribution in [2.24, 2.45) is 9.98 Å². The zero-order chi connectivity index (χ0) is 34.2. The molecule has 0 amide bonds. The van der Waals surface area contributed by atoms with E-state index in [2.05, 4.69) is 119 Å². The highest BCUT2D eigenvalue weighted by Gasteiger charge is 2.36. The monoisotopic (exact) mass is 650 g/mol. The number of rotatable bonds is 8. The van der Waals surface area contributed by atoms with Gasteiger partial charge in [0.05, 0.1) is 61.8 Å². The predicted molar refractivity (Wildman–Crippen MR) is 205 cm³/mol. The van der Waals surface area contributed by atoms with E-state index < -0.39 is 0 Å². The highest BCUT2D eigenvalue weighted by molar-refractivity contribution is 6.34. The predicted octanol–water partition coefficient (Wildman–Crippen LogP) is 10.5. The summed E-state index contributed by atoms with van der Waals surface area (Å²) >= 11 is 0. The van der Waals surface area contributed by atoms with Gasteiger partial charge in [-0.25, -0.2) is 0 Å². The minimum absolute atomic E-state index is 0.723. The van der Waals surface area contributed by atoms with Crippen molar-refractivity contribution in [3.63, 3.8) is 0 Å². The molecule has 0 aliphatic heterocycles. The standard InChI is InChI=1S/C44H34N4O2/c1-27-37-7-5-9-39(29-11-15-31(16-12-29)45-23-33-19-21-35(49-3)25-47-33)43(37)42-28(2)38-8-6-10-40(44(38)41(27)42)30-13-17-32(18-14-30)46-24-34-20-22-36(50-4)26-48-34/h5-26H,1-4H3. The molecule has 2 heterocycles. The van der Waals surface area contributed by atoms with E-state index in [4.69, 9.17) is 9.47 Å². The van der Waals surface area contributed by atoms with Gasteiger partial charge in [0.1, 0.15) is 11.5 Å². The number of fused-ring (bicyclic) bond motifs is 5. The van der Waals surface area contributed by atoms with Gasteiger partial charge in [-0.05, 0) is 129 Å². The first-order chi connectivity index (χ1) is 24.5. The molecule has 0 saturated carbocycles. The molecular formula is C44H34N4O2. The fraction of sp³-hybridized carbons (Fsp3) is 0.0909. The summed E-state index contributed by atoms with van der Waals surface area (Å²) in [6.45, 7) is 4.53. The third-order valence-electron chi connectivity index (χ3n) is 9.48. The van der Waals surface area contributed by atoms with Crippen molar-refractivity contribution in [3.8, 4) is 33.8 Å². The Balaban J connectivity index is 1.09. The Labute approximate surface area is 291 Å². The molecule has 0 unspecified atom stereocenters. The van der Waals surface area contributed by atoms with Gasteiger partial charge in [0.25, 0.3) is 0 Å². The average molecular weight is 651 g/mol. The maximum Gasteiger partial charge on any atom is 0.137 e. The highest BCUT2D eigenvalue weighted by atomic mass is 16.5. The van der Waals surface area contributed by atoms with Gasteiger partial charge >= 0.3 is 0 Å². The Morgan fingerprint density at radius 2 is 0.880 bits per heavy atom. The molecular weight excluding hydrogens is 617 g/mol. The number of benzene rings is 4. The maximum absolute atomic E-state index is 5.21. The Kier molecular flexibility index (Phi) is 7.97. The zero-order valence-electron chi connectivity index (χ0n) is 28.3. The van der Waals surface area contributed by atoms with Crippen LogP contribution in [0.2, 0.25) is 0 Å². The Morgan fingerprint density at radius 3 is 1.24 bits per heavy atom. The normalized spacial score (nSPS) is 13.3. The fourth-order valence-corrected chi connectivity index (χ4v) is 6.93. The van der Waals surface area contributed by atoms with E-state index in [9.17, 15) is 0 Å². The lowest BCUT2D eigenvalue weighted by Crippen LogP contribution is -1.91. The summed E-state index contributed by atoms with van der Waals surface area (Å²) in [5, 5.41) is 0. The number of pyridine rings is 2. The molecule has 6 nitrogen and oxygen atoms in total. The van der Waals surface area contributed by atoms with E-state index in [1.807, 2.05) is 24.3 Å². The lowest BCUT2D eigenvalue weighted by molar-refractivity contribution is 0.413. The van der Waals surface area contributed by atoms with E-state index in [-0.39, 0.29) is 0 Å². The summed E-state index contributed by atoms with van der Waals surface area (Å²) in [6.07, 6.45) is 6.94. The third kappa shape index (κ3) is 5.51. The van der Waals surface area contributed by atoms with Gasteiger partial charge in [-0.15, -0.1) is 0 Å². The summed E-state index contributed by atoms with van der Waals surface area (Å²) in [5.74, 6) is 1.45. The quantitative estimate of drug-likeness (QED) is 0.154. The molecule has 0 bridgehead atoms. The largest absolute Gasteiger partial charge is 0.495 e. The second-order valence-corrected chi connectivity index (χ2v) is 12.3. The van der Waals surface area contributed by atoms with Crippen molar-refractivity contribution in [2.45, 2.75) is 13.8 Å². The van der Waals surface area contributed by atoms with E-state index in [1.54, 1.807) is 39.0 Å². The SMILES string of the molecule is COc1ccc(C=Nc2ccc(-c3cccc4c3C3=C(C)c5cccc(-c6ccc(N=Cc7ccc(OC)cn7)cc6)c5C3=C4C)cc2)nc1. The Morgan fingerprint density at radius 1 is 0.480 bits per heavy atom. The van der Waals surface area contributed by atoms with Crippen molar-refractivity contribution < 1.29 is 9.47 Å². The van der Waals surface area contributed by atoms with Gasteiger partial charge in [0.15, 0.2) is 0 Å². The molecule has 2 aliphatic carbocycles. The van der Waals surface area contributed by atoms with Gasteiger partial charge in [0, 0.05) is 0 Å². The molecule has 2 aromatic heterocycles. The van der Waals surface area contributed by atoms with Crippen LogP contribution < -0.4 is 9.47 Å². The summed E-state index contributed by atoms with van der Waals surface area (Å²) in [6, 6.07) is 37.8. The van der Waals surface area contributed by atoms with Crippen LogP contribution in [-0.4, -0.2) is 36.6 Å². The summed E-state index contributed by atoms with van der Waals surface area (Å²) in [5.41, 5.74) is 18.5. The van der Waals surface area contributed by atoms with Crippen LogP contribution in [0.3, 0.4) is 0 Å². The molecule has 0 spiro atoms. The number of ether oxygens (including phenoxy) is 2. The molecule has 0 saturated heterocycles. The molecule has 2 aliphatic rings. The van der Waals surface area contributed by atoms with Crippen LogP contribution in [0.25, 0.3) is 44.5 Å². The van der Waals surface area contributed by atoms with E-state index in [1.165, 1.54) is 55.7 Å². The lowest BCUT2D eigenvalue weighted by atomic mass is 9.91. The second kappa shape index (κ2) is 12.9. The van der Waals surface area contributed by atoms with Crippen molar-refractivity contribution in [2.75, 3.05) is 14.2 Å². The van der Waals surface area contributed by atoms with Crippen molar-refractivity contribution in [3.05, 3.63) is 155 Å². The van der Waals surface area contributed by atoms with E-state index in [0.717, 1.165) is 45.4 Å². The van der Waals surface area contributed by atoms with Crippen LogP contribution >= 0.6 is 0 Å². The molecule has 8 rings (SSSR count). The maximum atomic E-state index is 5.21. The van der Waals surface area contributed by atoms with Gasteiger partial charge in [-0.3, -0.25) is 20.0 Å². The molecule has 4 aromatic carbocycles. The van der Waals surface area contributed by atoms with Crippen LogP contribution in [0.15, 0.2) is 132 Å². The molecule has 6 aromatic rings. The Hall–Kier alpha value is -6.40. The lowest BCUT2D eigenvalue weighted by Gasteiger charge is -2.13. The molecule has 0 fully saturated rings. The number of hydrogen-bond acceptors (Lipinski definition) is 6. The van der Waals surface area contributed by atoms with Gasteiger partial charge < -0.3 is 9.47 Å². The van der Waals surface area contributed by atoms with Gasteiger partial charge in [-0.2, -0.15) is 0 Å². The zero-order valence-corrected chi connectivity index (χ0v) is 28.3. The van der Waals surface area contributed by atoms with Crippen molar-refractivity contribution >= 4 is 46.1 Å². The molecule has 0 N–H and O–H groups in total. The number of aromatic nitrogens is 2. The molecule has 0 atom stereocenters. The Bertz CT molecular complexity index is 2200. The van der Waals surface area contributed by atoms with Crippen LogP contribution in [0.5, 0.6) is 11.5 Å². The van der Waals surface area contributed by atoms with Crippen LogP contribution in [0.1, 0.15) is 47.5 Å². The number of aliphatic imine (C=N–C) groups is 2. The second-order valence-electron chi connectivity index (χ2n) is 12.3. The van der Waals surface area contributed by atoms with Gasteiger partial charge in [0.2, 0.25) is 0 Å². The van der Waals surface area contributed by atoms with Crippen LogP contribution in [-0.2, 0) is 0 Å². The smallest absolute Gasteiger partial charge is 0.137 e. The minimum Gasteiger partial charge on any atom is -0.495 e. The first kappa shape index (κ1) is 30.9. The molecule has 50 heavy (non-hydrogen) atoms. The van der Waals surface area contributed by atoms with Gasteiger partial charge in [-0.1, -0.05) is 60.7 Å². The average Bonchev–Trinajstić information content (AvgIpc) is 3.65. The highest BCUT2D eigenvalue weighted by Crippen LogP contribution is 2.59. The first-order valence-corrected chi connectivity index (χ1v) is 16.5. The van der Waals surface area contributed by atoms with Crippen molar-refractivity contribution in [1.82, 2.24) is 9.97 Å². The summed E-state index contributed by atoms with van der Waals surface area (Å²) < 4.78 is 10.4. The molecule has 0 radical (unpaired) electrons. The fourth-order valence-electron chi connectivity index (χ4n) is 6.93. The topological polar surface area (TPSA) is 69.0 Å². The first-order valence-electron chi connectivity index (χ1n) is 16.5. The number of hydrogen-bond donors (Lipinski definition) is 0. The van der Waals surface area contributed by atoms with E-state index in [0.29, 0.717) is 0 Å².